The molecule has 2 aliphatic rings. The summed E-state index contributed by atoms with van der Waals surface area (Å²) in [5.74, 6) is 1.37. The van der Waals surface area contributed by atoms with E-state index >= 15 is 0 Å². The minimum atomic E-state index is -0.255. The van der Waals surface area contributed by atoms with Crippen LogP contribution in [0.3, 0.4) is 0 Å². The predicted octanol–water partition coefficient (Wildman–Crippen LogP) is 3.54. The Morgan fingerprint density at radius 2 is 2.28 bits per heavy atom. The van der Waals surface area contributed by atoms with Crippen LogP contribution in [0.2, 0.25) is 0 Å². The van der Waals surface area contributed by atoms with Gasteiger partial charge in [0.05, 0.1) is 18.2 Å². The third-order valence-electron chi connectivity index (χ3n) is 5.60. The number of amides is 1. The smallest absolute Gasteiger partial charge is 0.233 e. The lowest BCUT2D eigenvalue weighted by Crippen LogP contribution is -2.44. The van der Waals surface area contributed by atoms with Gasteiger partial charge in [0.25, 0.3) is 0 Å². The molecule has 25 heavy (non-hydrogen) atoms. The number of ether oxygens (including phenoxy) is 1. The molecule has 0 bridgehead atoms. The molecule has 1 aliphatic carbocycles. The van der Waals surface area contributed by atoms with E-state index < -0.39 is 0 Å². The molecule has 1 aromatic heterocycles. The number of benzene rings is 1. The minimum Gasteiger partial charge on any atom is -0.496 e. The second-order valence-corrected chi connectivity index (χ2v) is 7.78. The number of carbonyl (C=O) groups is 1. The predicted molar refractivity (Wildman–Crippen MR) is 100.0 cm³/mol. The van der Waals surface area contributed by atoms with Crippen LogP contribution < -0.4 is 15.4 Å². The summed E-state index contributed by atoms with van der Waals surface area (Å²) in [6, 6.07) is 7.80. The van der Waals surface area contributed by atoms with Crippen molar-refractivity contribution in [2.24, 2.45) is 11.3 Å². The van der Waals surface area contributed by atoms with E-state index in [-0.39, 0.29) is 11.3 Å². The second-order valence-electron chi connectivity index (χ2n) is 6.92. The zero-order chi connectivity index (χ0) is 17.3. The number of hydrogen-bond donors (Lipinski definition) is 2. The first-order chi connectivity index (χ1) is 12.2. The maximum absolute atomic E-state index is 13.0. The molecule has 0 unspecified atom stereocenters. The number of methoxy groups -OCH3 is 1. The minimum absolute atomic E-state index is 0.128. The Labute approximate surface area is 151 Å². The number of thiazole rings is 1. The summed E-state index contributed by atoms with van der Waals surface area (Å²) < 4.78 is 5.41. The van der Waals surface area contributed by atoms with Gasteiger partial charge < -0.3 is 15.4 Å². The summed E-state index contributed by atoms with van der Waals surface area (Å²) in [7, 11) is 1.66. The van der Waals surface area contributed by atoms with E-state index in [0.29, 0.717) is 11.0 Å². The summed E-state index contributed by atoms with van der Waals surface area (Å²) in [4.78, 5) is 17.7. The van der Waals surface area contributed by atoms with Gasteiger partial charge in [-0.3, -0.25) is 4.79 Å². The molecule has 1 saturated carbocycles. The molecule has 4 rings (SSSR count). The van der Waals surface area contributed by atoms with Crippen molar-refractivity contribution >= 4 is 22.4 Å². The number of nitrogens with one attached hydrogen (secondary N) is 2. The van der Waals surface area contributed by atoms with Crippen molar-refractivity contribution in [2.75, 3.05) is 25.5 Å². The summed E-state index contributed by atoms with van der Waals surface area (Å²) in [6.07, 6.45) is 4.48. The van der Waals surface area contributed by atoms with Crippen molar-refractivity contribution in [2.45, 2.75) is 25.7 Å². The van der Waals surface area contributed by atoms with Crippen LogP contribution in [0.25, 0.3) is 11.3 Å². The van der Waals surface area contributed by atoms with Crippen molar-refractivity contribution in [3.05, 3.63) is 29.6 Å². The Hall–Kier alpha value is -1.92. The standard InChI is InChI=1S/C19H23N3O2S/c1-24-16-8-3-2-7-14(16)15-11-25-18(21-15)22-17(23)19-9-5-4-6-13(19)10-20-12-19/h2-3,7-8,11,13,20H,4-6,9-10,12H2,1H3,(H,21,22,23)/t13-,19+/m0/s1. The molecule has 0 radical (unpaired) electrons. The Balaban J connectivity index is 1.54. The number of aromatic nitrogens is 1. The van der Waals surface area contributed by atoms with Crippen LogP contribution in [0.15, 0.2) is 29.6 Å². The normalized spacial score (nSPS) is 25.4. The molecule has 2 atom stereocenters. The van der Waals surface area contributed by atoms with Gasteiger partial charge in [0.2, 0.25) is 5.91 Å². The van der Waals surface area contributed by atoms with Crippen LogP contribution in [-0.2, 0) is 4.79 Å². The van der Waals surface area contributed by atoms with Gasteiger partial charge in [-0.1, -0.05) is 25.0 Å². The van der Waals surface area contributed by atoms with Crippen molar-refractivity contribution in [1.29, 1.82) is 0 Å². The second kappa shape index (κ2) is 6.77. The molecule has 132 valence electrons. The third-order valence-corrected chi connectivity index (χ3v) is 6.36. The molecule has 0 spiro atoms. The fourth-order valence-electron chi connectivity index (χ4n) is 4.22. The third kappa shape index (κ3) is 2.93. The molecule has 2 fully saturated rings. The van der Waals surface area contributed by atoms with E-state index in [4.69, 9.17) is 4.74 Å². The highest BCUT2D eigenvalue weighted by atomic mass is 32.1. The molecule has 2 N–H and O–H groups in total. The first kappa shape index (κ1) is 16.5. The van der Waals surface area contributed by atoms with Crippen molar-refractivity contribution in [3.63, 3.8) is 0 Å². The molecule has 2 aromatic rings. The summed E-state index contributed by atoms with van der Waals surface area (Å²) in [5.41, 5.74) is 1.52. The maximum atomic E-state index is 13.0. The van der Waals surface area contributed by atoms with Gasteiger partial charge in [-0.25, -0.2) is 4.98 Å². The number of rotatable bonds is 4. The fourth-order valence-corrected chi connectivity index (χ4v) is 4.93. The lowest BCUT2D eigenvalue weighted by molar-refractivity contribution is -0.128. The van der Waals surface area contributed by atoms with Gasteiger partial charge in [0.15, 0.2) is 5.13 Å². The molecule has 1 aromatic carbocycles. The Morgan fingerprint density at radius 1 is 1.40 bits per heavy atom. The number of anilines is 1. The van der Waals surface area contributed by atoms with Crippen LogP contribution in [0.4, 0.5) is 5.13 Å². The monoisotopic (exact) mass is 357 g/mol. The zero-order valence-electron chi connectivity index (χ0n) is 14.4. The average Bonchev–Trinajstić information content (AvgIpc) is 3.29. The maximum Gasteiger partial charge on any atom is 0.233 e. The van der Waals surface area contributed by atoms with Crippen LogP contribution in [0, 0.1) is 11.3 Å². The first-order valence-electron chi connectivity index (χ1n) is 8.84. The molecule has 1 saturated heterocycles. The van der Waals surface area contributed by atoms with Crippen molar-refractivity contribution in [1.82, 2.24) is 10.3 Å². The van der Waals surface area contributed by atoms with E-state index in [0.717, 1.165) is 49.4 Å². The van der Waals surface area contributed by atoms with E-state index in [9.17, 15) is 4.79 Å². The van der Waals surface area contributed by atoms with Gasteiger partial charge in [-0.2, -0.15) is 0 Å². The van der Waals surface area contributed by atoms with E-state index in [2.05, 4.69) is 15.6 Å². The SMILES string of the molecule is COc1ccccc1-c1csc(NC(=O)[C@@]23CCCC[C@H]2CNC3)n1. The van der Waals surface area contributed by atoms with Crippen LogP contribution in [0.1, 0.15) is 25.7 Å². The summed E-state index contributed by atoms with van der Waals surface area (Å²) in [6.45, 7) is 1.74. The van der Waals surface area contributed by atoms with E-state index in [1.54, 1.807) is 7.11 Å². The topological polar surface area (TPSA) is 63.2 Å². The fraction of sp³-hybridized carbons (Fsp3) is 0.474. The number of nitrogens with zero attached hydrogens (tertiary/aromatic N) is 1. The molecular weight excluding hydrogens is 334 g/mol. The van der Waals surface area contributed by atoms with Gasteiger partial charge in [0.1, 0.15) is 5.75 Å². The average molecular weight is 357 g/mol. The van der Waals surface area contributed by atoms with E-state index in [1.807, 2.05) is 29.6 Å². The first-order valence-corrected chi connectivity index (χ1v) is 9.72. The molecular formula is C19H23N3O2S. The molecule has 5 nitrogen and oxygen atoms in total. The lowest BCUT2D eigenvalue weighted by Gasteiger charge is -2.36. The largest absolute Gasteiger partial charge is 0.496 e. The quantitative estimate of drug-likeness (QED) is 0.879. The van der Waals surface area contributed by atoms with Crippen LogP contribution in [0.5, 0.6) is 5.75 Å². The highest BCUT2D eigenvalue weighted by Gasteiger charge is 2.49. The Bertz CT molecular complexity index is 776. The highest BCUT2D eigenvalue weighted by Crippen LogP contribution is 2.44. The highest BCUT2D eigenvalue weighted by molar-refractivity contribution is 7.14. The lowest BCUT2D eigenvalue weighted by atomic mass is 9.68. The molecule has 1 aliphatic heterocycles. The molecule has 1 amide bonds. The summed E-state index contributed by atoms with van der Waals surface area (Å²) >= 11 is 1.47. The van der Waals surface area contributed by atoms with Gasteiger partial charge in [-0.05, 0) is 37.4 Å². The van der Waals surface area contributed by atoms with Gasteiger partial charge in [-0.15, -0.1) is 11.3 Å². The van der Waals surface area contributed by atoms with Gasteiger partial charge in [0, 0.05) is 17.5 Å². The Morgan fingerprint density at radius 3 is 3.16 bits per heavy atom. The number of carbonyl (C=O) groups excluding carboxylic acids is 1. The molecule has 2 heterocycles. The van der Waals surface area contributed by atoms with Crippen molar-refractivity contribution < 1.29 is 9.53 Å². The Kier molecular flexibility index (Phi) is 4.48. The van der Waals surface area contributed by atoms with E-state index in [1.165, 1.54) is 17.8 Å². The summed E-state index contributed by atoms with van der Waals surface area (Å²) in [5, 5.41) is 9.14. The number of hydrogen-bond acceptors (Lipinski definition) is 5. The van der Waals surface area contributed by atoms with Crippen LogP contribution in [-0.4, -0.2) is 31.1 Å². The van der Waals surface area contributed by atoms with Crippen LogP contribution >= 0.6 is 11.3 Å². The number of fused-ring (bicyclic) bond motifs is 1. The number of para-hydroxylation sites is 1. The zero-order valence-corrected chi connectivity index (χ0v) is 15.2. The van der Waals surface area contributed by atoms with Gasteiger partial charge >= 0.3 is 0 Å². The molecule has 6 heteroatoms. The van der Waals surface area contributed by atoms with Crippen molar-refractivity contribution in [3.8, 4) is 17.0 Å².